The molecule has 0 saturated carbocycles. The zero-order valence-electron chi connectivity index (χ0n) is 14.9. The lowest BCUT2D eigenvalue weighted by atomic mass is 10.1. The lowest BCUT2D eigenvalue weighted by Crippen LogP contribution is -1.98. The van der Waals surface area contributed by atoms with Gasteiger partial charge < -0.3 is 4.57 Å². The van der Waals surface area contributed by atoms with Crippen molar-refractivity contribution in [1.82, 2.24) is 9.55 Å². The quantitative estimate of drug-likeness (QED) is 0.344. The summed E-state index contributed by atoms with van der Waals surface area (Å²) < 4.78 is 4.34. The van der Waals surface area contributed by atoms with E-state index in [9.17, 15) is 5.26 Å². The fourth-order valence-electron chi connectivity index (χ4n) is 3.21. The number of rotatable bonds is 3. The maximum absolute atomic E-state index is 9.72. The van der Waals surface area contributed by atoms with Gasteiger partial charge in [-0.05, 0) is 68.0 Å². The molecule has 2 aromatic heterocycles. The number of aryl methyl sites for hydroxylation is 1. The van der Waals surface area contributed by atoms with E-state index in [4.69, 9.17) is 0 Å². The first-order valence-electron chi connectivity index (χ1n) is 8.49. The van der Waals surface area contributed by atoms with Crippen LogP contribution in [0.2, 0.25) is 0 Å². The maximum atomic E-state index is 9.72. The highest BCUT2D eigenvalue weighted by molar-refractivity contribution is 9.10. The molecule has 27 heavy (non-hydrogen) atoms. The van der Waals surface area contributed by atoms with E-state index >= 15 is 0 Å². The fourth-order valence-corrected chi connectivity index (χ4v) is 4.40. The normalized spacial score (nSPS) is 11.7. The van der Waals surface area contributed by atoms with Gasteiger partial charge in [-0.3, -0.25) is 0 Å². The molecule has 0 bridgehead atoms. The summed E-state index contributed by atoms with van der Waals surface area (Å²) in [6.07, 6.45) is 1.94. The van der Waals surface area contributed by atoms with Crippen molar-refractivity contribution in [3.8, 4) is 11.8 Å². The third kappa shape index (κ3) is 3.34. The minimum absolute atomic E-state index is 0.590. The van der Waals surface area contributed by atoms with Crippen LogP contribution in [-0.4, -0.2) is 9.55 Å². The van der Waals surface area contributed by atoms with Crippen LogP contribution in [0.25, 0.3) is 27.6 Å². The van der Waals surface area contributed by atoms with E-state index in [1.54, 1.807) is 11.3 Å². The van der Waals surface area contributed by atoms with Crippen LogP contribution in [-0.2, 0) is 0 Å². The molecular weight excluding hydrogens is 418 g/mol. The highest BCUT2D eigenvalue weighted by Gasteiger charge is 2.13. The van der Waals surface area contributed by atoms with E-state index in [-0.39, 0.29) is 0 Å². The van der Waals surface area contributed by atoms with Gasteiger partial charge in [0, 0.05) is 21.5 Å². The molecule has 5 heteroatoms. The van der Waals surface area contributed by atoms with Crippen molar-refractivity contribution in [2.45, 2.75) is 13.8 Å². The average Bonchev–Trinajstić information content (AvgIpc) is 3.21. The molecule has 0 aliphatic heterocycles. The number of hydrogen-bond donors (Lipinski definition) is 0. The van der Waals surface area contributed by atoms with Gasteiger partial charge in [0.25, 0.3) is 0 Å². The summed E-state index contributed by atoms with van der Waals surface area (Å²) in [6.45, 7) is 4.16. The van der Waals surface area contributed by atoms with Crippen LogP contribution < -0.4 is 0 Å². The Morgan fingerprint density at radius 3 is 2.59 bits per heavy atom. The standard InChI is InChI=1S/C22H16BrN3S/c1-14-11-16(15(2)26(14)19-9-7-18(23)8-10-19)12-17(13-24)22-25-20-5-3-4-6-21(20)27-22/h3-12H,1-2H3. The van der Waals surface area contributed by atoms with E-state index in [2.05, 4.69) is 63.6 Å². The molecule has 0 amide bonds. The highest BCUT2D eigenvalue weighted by atomic mass is 79.9. The van der Waals surface area contributed by atoms with Gasteiger partial charge in [-0.15, -0.1) is 11.3 Å². The molecule has 0 N–H and O–H groups in total. The number of hydrogen-bond acceptors (Lipinski definition) is 3. The summed E-state index contributed by atoms with van der Waals surface area (Å²) in [5, 5.41) is 10.5. The van der Waals surface area contributed by atoms with Crippen LogP contribution >= 0.6 is 27.3 Å². The second kappa shape index (κ2) is 7.15. The van der Waals surface area contributed by atoms with Crippen LogP contribution in [0, 0.1) is 25.2 Å². The lowest BCUT2D eigenvalue weighted by Gasteiger charge is -2.09. The maximum Gasteiger partial charge on any atom is 0.135 e. The van der Waals surface area contributed by atoms with Crippen LogP contribution in [0.1, 0.15) is 22.0 Å². The minimum atomic E-state index is 0.590. The number of nitriles is 1. The first-order chi connectivity index (χ1) is 13.1. The van der Waals surface area contributed by atoms with E-state index < -0.39 is 0 Å². The molecule has 132 valence electrons. The van der Waals surface area contributed by atoms with Crippen molar-refractivity contribution in [1.29, 1.82) is 5.26 Å². The molecular formula is C22H16BrN3S. The van der Waals surface area contributed by atoms with Crippen LogP contribution in [0.3, 0.4) is 0 Å². The predicted octanol–water partition coefficient (Wildman–Crippen LogP) is 6.53. The van der Waals surface area contributed by atoms with Gasteiger partial charge >= 0.3 is 0 Å². The van der Waals surface area contributed by atoms with E-state index in [0.717, 1.165) is 42.3 Å². The van der Waals surface area contributed by atoms with Gasteiger partial charge in [0.15, 0.2) is 0 Å². The zero-order valence-corrected chi connectivity index (χ0v) is 17.3. The molecule has 0 spiro atoms. The van der Waals surface area contributed by atoms with Gasteiger partial charge in [0.1, 0.15) is 11.1 Å². The Hall–Kier alpha value is -2.68. The summed E-state index contributed by atoms with van der Waals surface area (Å²) in [5.74, 6) is 0. The van der Waals surface area contributed by atoms with E-state index in [1.165, 1.54) is 0 Å². The number of para-hydroxylation sites is 1. The van der Waals surface area contributed by atoms with Crippen molar-refractivity contribution in [2.75, 3.05) is 0 Å². The average molecular weight is 434 g/mol. The first kappa shape index (κ1) is 17.7. The minimum Gasteiger partial charge on any atom is -0.318 e. The van der Waals surface area contributed by atoms with Crippen molar-refractivity contribution >= 4 is 49.1 Å². The van der Waals surface area contributed by atoms with Gasteiger partial charge in [-0.1, -0.05) is 28.1 Å². The SMILES string of the molecule is Cc1cc(C=C(C#N)c2nc3ccccc3s2)c(C)n1-c1ccc(Br)cc1. The summed E-state index contributed by atoms with van der Waals surface area (Å²) in [7, 11) is 0. The number of allylic oxidation sites excluding steroid dienone is 1. The summed E-state index contributed by atoms with van der Waals surface area (Å²) in [5.41, 5.74) is 5.88. The molecule has 0 fully saturated rings. The molecule has 2 heterocycles. The van der Waals surface area contributed by atoms with Crippen molar-refractivity contribution < 1.29 is 0 Å². The topological polar surface area (TPSA) is 41.6 Å². The smallest absolute Gasteiger partial charge is 0.135 e. The van der Waals surface area contributed by atoms with Gasteiger partial charge in [0.05, 0.1) is 15.8 Å². The van der Waals surface area contributed by atoms with Crippen LogP contribution in [0.15, 0.2) is 59.1 Å². The number of fused-ring (bicyclic) bond motifs is 1. The molecule has 3 nitrogen and oxygen atoms in total. The molecule has 0 radical (unpaired) electrons. The number of benzene rings is 2. The van der Waals surface area contributed by atoms with Gasteiger partial charge in [-0.2, -0.15) is 5.26 Å². The van der Waals surface area contributed by atoms with Crippen LogP contribution in [0.5, 0.6) is 0 Å². The molecule has 0 saturated heterocycles. The number of thiazole rings is 1. The Morgan fingerprint density at radius 1 is 1.15 bits per heavy atom. The summed E-state index contributed by atoms with van der Waals surface area (Å²) in [4.78, 5) is 4.62. The molecule has 0 aliphatic carbocycles. The van der Waals surface area contributed by atoms with Crippen molar-refractivity contribution in [2.24, 2.45) is 0 Å². The van der Waals surface area contributed by atoms with E-state index in [1.807, 2.05) is 42.5 Å². The number of halogens is 1. The Labute approximate surface area is 170 Å². The Balaban J connectivity index is 1.79. The monoisotopic (exact) mass is 433 g/mol. The number of aromatic nitrogens is 2. The summed E-state index contributed by atoms with van der Waals surface area (Å²) in [6, 6.07) is 20.6. The molecule has 4 rings (SSSR count). The summed E-state index contributed by atoms with van der Waals surface area (Å²) >= 11 is 5.03. The van der Waals surface area contributed by atoms with E-state index in [0.29, 0.717) is 5.57 Å². The van der Waals surface area contributed by atoms with Gasteiger partial charge in [-0.25, -0.2) is 4.98 Å². The largest absolute Gasteiger partial charge is 0.318 e. The molecule has 0 aliphatic rings. The fraction of sp³-hybridized carbons (Fsp3) is 0.0909. The third-order valence-electron chi connectivity index (χ3n) is 4.50. The number of nitrogens with zero attached hydrogens (tertiary/aromatic N) is 3. The molecule has 0 atom stereocenters. The second-order valence-corrected chi connectivity index (χ2v) is 8.24. The molecule has 0 unspecified atom stereocenters. The Morgan fingerprint density at radius 2 is 1.89 bits per heavy atom. The second-order valence-electron chi connectivity index (χ2n) is 6.29. The Bertz CT molecular complexity index is 1170. The van der Waals surface area contributed by atoms with Gasteiger partial charge in [0.2, 0.25) is 0 Å². The van der Waals surface area contributed by atoms with Crippen molar-refractivity contribution in [3.63, 3.8) is 0 Å². The lowest BCUT2D eigenvalue weighted by molar-refractivity contribution is 0.964. The first-order valence-corrected chi connectivity index (χ1v) is 10.1. The predicted molar refractivity (Wildman–Crippen MR) is 116 cm³/mol. The highest BCUT2D eigenvalue weighted by Crippen LogP contribution is 2.30. The molecule has 2 aromatic carbocycles. The molecule has 4 aromatic rings. The Kier molecular flexibility index (Phi) is 4.69. The van der Waals surface area contributed by atoms with Crippen LogP contribution in [0.4, 0.5) is 0 Å². The third-order valence-corrected chi connectivity index (χ3v) is 6.10. The van der Waals surface area contributed by atoms with Crippen molar-refractivity contribution in [3.05, 3.63) is 81.0 Å². The zero-order chi connectivity index (χ0) is 19.0.